The number of hydrogen-bond acceptors (Lipinski definition) is 8. The number of amides is 1. The topological polar surface area (TPSA) is 149 Å². The smallest absolute Gasteiger partial charge is 0.407 e. The summed E-state index contributed by atoms with van der Waals surface area (Å²) >= 11 is 0. The van der Waals surface area contributed by atoms with Crippen molar-refractivity contribution in [3.8, 4) is 11.1 Å². The SMILES string of the molecule is O=C(CCNC(=O)OCC1c2ccccc2-c2ccccc21)OC1C[C@H](n2ccc(=O)[nH]c2=O)O[C@@H]1CO. The van der Waals surface area contributed by atoms with Gasteiger partial charge < -0.3 is 24.6 Å². The van der Waals surface area contributed by atoms with Crippen molar-refractivity contribution in [3.05, 3.63) is 92.8 Å². The van der Waals surface area contributed by atoms with E-state index in [2.05, 4.69) is 22.4 Å². The van der Waals surface area contributed by atoms with Gasteiger partial charge in [0.2, 0.25) is 0 Å². The van der Waals surface area contributed by atoms with Gasteiger partial charge in [0.25, 0.3) is 5.56 Å². The van der Waals surface area contributed by atoms with Crippen molar-refractivity contribution in [1.29, 1.82) is 0 Å². The first kappa shape index (κ1) is 25.4. The minimum Gasteiger partial charge on any atom is -0.459 e. The molecule has 3 atom stereocenters. The molecule has 1 aliphatic carbocycles. The van der Waals surface area contributed by atoms with Crippen LogP contribution in [-0.2, 0) is 19.0 Å². The number of nitrogens with one attached hydrogen (secondary N) is 2. The Kier molecular flexibility index (Phi) is 7.38. The molecule has 2 aliphatic rings. The third kappa shape index (κ3) is 5.24. The Morgan fingerprint density at radius 1 is 1.05 bits per heavy atom. The minimum atomic E-state index is -0.835. The second-order valence-electron chi connectivity index (χ2n) is 9.10. The summed E-state index contributed by atoms with van der Waals surface area (Å²) in [5.74, 6) is -0.677. The van der Waals surface area contributed by atoms with Crippen molar-refractivity contribution in [1.82, 2.24) is 14.9 Å². The third-order valence-corrected chi connectivity index (χ3v) is 6.75. The maximum atomic E-state index is 12.4. The highest BCUT2D eigenvalue weighted by molar-refractivity contribution is 5.79. The lowest BCUT2D eigenvalue weighted by Gasteiger charge is -2.17. The molecule has 1 aliphatic heterocycles. The first-order valence-electron chi connectivity index (χ1n) is 12.3. The number of rotatable bonds is 8. The van der Waals surface area contributed by atoms with Gasteiger partial charge in [0.05, 0.1) is 13.0 Å². The van der Waals surface area contributed by atoms with Gasteiger partial charge in [-0.1, -0.05) is 48.5 Å². The standard InChI is InChI=1S/C27H27N3O8/c31-14-22-21(13-24(37-22)30-12-10-23(32)29-26(30)34)38-25(33)9-11-28-27(35)36-15-20-18-7-3-1-5-16(18)17-6-2-4-8-19(17)20/h1-8,10,12,20-22,24,31H,9,11,13-15H2,(H,28,35)(H,29,32,34)/t21?,22-,24-/m1/s1. The van der Waals surface area contributed by atoms with Crippen LogP contribution in [0.3, 0.4) is 0 Å². The molecule has 38 heavy (non-hydrogen) atoms. The van der Waals surface area contributed by atoms with E-state index < -0.39 is 48.4 Å². The van der Waals surface area contributed by atoms with Crippen LogP contribution in [0.25, 0.3) is 11.1 Å². The Bertz CT molecular complexity index is 1400. The van der Waals surface area contributed by atoms with Gasteiger partial charge in [-0.15, -0.1) is 0 Å². The fraction of sp³-hybridized carbons (Fsp3) is 0.333. The molecule has 3 aromatic rings. The summed E-state index contributed by atoms with van der Waals surface area (Å²) < 4.78 is 17.7. The molecular formula is C27H27N3O8. The number of aromatic nitrogens is 2. The molecule has 2 heterocycles. The maximum absolute atomic E-state index is 12.4. The van der Waals surface area contributed by atoms with E-state index in [4.69, 9.17) is 14.2 Å². The molecule has 1 unspecified atom stereocenters. The fourth-order valence-corrected chi connectivity index (χ4v) is 4.96. The number of aliphatic hydroxyl groups is 1. The van der Waals surface area contributed by atoms with E-state index in [0.717, 1.165) is 26.8 Å². The van der Waals surface area contributed by atoms with Crippen LogP contribution in [0.2, 0.25) is 0 Å². The van der Waals surface area contributed by atoms with Crippen LogP contribution in [0.5, 0.6) is 0 Å². The van der Waals surface area contributed by atoms with E-state index in [1.165, 1.54) is 12.3 Å². The number of hydrogen-bond donors (Lipinski definition) is 3. The molecule has 5 rings (SSSR count). The van der Waals surface area contributed by atoms with Gasteiger partial charge in [-0.25, -0.2) is 9.59 Å². The van der Waals surface area contributed by atoms with Crippen LogP contribution >= 0.6 is 0 Å². The average molecular weight is 522 g/mol. The Morgan fingerprint density at radius 3 is 2.39 bits per heavy atom. The van der Waals surface area contributed by atoms with Gasteiger partial charge in [-0.05, 0) is 22.3 Å². The van der Waals surface area contributed by atoms with E-state index in [1.54, 1.807) is 0 Å². The van der Waals surface area contributed by atoms with E-state index >= 15 is 0 Å². The van der Waals surface area contributed by atoms with E-state index in [1.807, 2.05) is 36.4 Å². The number of fused-ring (bicyclic) bond motifs is 3. The largest absolute Gasteiger partial charge is 0.459 e. The Hall–Kier alpha value is -4.22. The quantitative estimate of drug-likeness (QED) is 0.379. The summed E-state index contributed by atoms with van der Waals surface area (Å²) in [7, 11) is 0. The zero-order valence-electron chi connectivity index (χ0n) is 20.4. The zero-order chi connectivity index (χ0) is 26.6. The van der Waals surface area contributed by atoms with Crippen molar-refractivity contribution < 1.29 is 28.9 Å². The molecule has 1 aromatic heterocycles. The van der Waals surface area contributed by atoms with Crippen LogP contribution in [-0.4, -0.2) is 58.7 Å². The van der Waals surface area contributed by atoms with Crippen molar-refractivity contribution in [2.75, 3.05) is 19.8 Å². The van der Waals surface area contributed by atoms with Crippen LogP contribution < -0.4 is 16.6 Å². The molecular weight excluding hydrogens is 494 g/mol. The van der Waals surface area contributed by atoms with E-state index in [9.17, 15) is 24.3 Å². The zero-order valence-corrected chi connectivity index (χ0v) is 20.4. The Morgan fingerprint density at radius 2 is 1.74 bits per heavy atom. The number of alkyl carbamates (subject to hydrolysis) is 1. The summed E-state index contributed by atoms with van der Waals surface area (Å²) in [5, 5.41) is 12.2. The van der Waals surface area contributed by atoms with Crippen LogP contribution in [0.1, 0.15) is 36.1 Å². The second kappa shape index (κ2) is 11.0. The first-order valence-corrected chi connectivity index (χ1v) is 12.3. The number of H-pyrrole nitrogens is 1. The van der Waals surface area contributed by atoms with Crippen LogP contribution in [0.4, 0.5) is 4.79 Å². The molecule has 1 fully saturated rings. The van der Waals surface area contributed by atoms with Crippen LogP contribution in [0.15, 0.2) is 70.4 Å². The van der Waals surface area contributed by atoms with Gasteiger partial charge in [0.15, 0.2) is 0 Å². The lowest BCUT2D eigenvalue weighted by molar-refractivity contribution is -0.153. The predicted molar refractivity (Wildman–Crippen MR) is 135 cm³/mol. The molecule has 0 saturated carbocycles. The van der Waals surface area contributed by atoms with Crippen molar-refractivity contribution in [2.45, 2.75) is 37.2 Å². The summed E-state index contributed by atoms with van der Waals surface area (Å²) in [6, 6.07) is 17.2. The lowest BCUT2D eigenvalue weighted by atomic mass is 9.98. The minimum absolute atomic E-state index is 0.00428. The van der Waals surface area contributed by atoms with E-state index in [-0.39, 0.29) is 31.9 Å². The maximum Gasteiger partial charge on any atom is 0.407 e. The monoisotopic (exact) mass is 521 g/mol. The number of carbonyl (C=O) groups is 2. The number of aliphatic hydroxyl groups excluding tert-OH is 1. The molecule has 1 saturated heterocycles. The molecule has 2 aromatic carbocycles. The van der Waals surface area contributed by atoms with Gasteiger partial charge in [-0.2, -0.15) is 0 Å². The number of aromatic amines is 1. The Labute approximate surface area is 217 Å². The van der Waals surface area contributed by atoms with Gasteiger partial charge in [0, 0.05) is 31.1 Å². The van der Waals surface area contributed by atoms with Gasteiger partial charge >= 0.3 is 17.8 Å². The number of carbonyl (C=O) groups excluding carboxylic acids is 2. The highest BCUT2D eigenvalue weighted by Gasteiger charge is 2.39. The first-order chi connectivity index (χ1) is 18.4. The summed E-state index contributed by atoms with van der Waals surface area (Å²) in [4.78, 5) is 50.1. The number of ether oxygens (including phenoxy) is 3. The summed E-state index contributed by atoms with van der Waals surface area (Å²) in [6.07, 6.45) is -1.82. The molecule has 198 valence electrons. The highest BCUT2D eigenvalue weighted by Crippen LogP contribution is 2.44. The fourth-order valence-electron chi connectivity index (χ4n) is 4.96. The number of nitrogens with zero attached hydrogens (tertiary/aromatic N) is 1. The average Bonchev–Trinajstić information content (AvgIpc) is 3.46. The normalized spacial score (nSPS) is 20.0. The summed E-state index contributed by atoms with van der Waals surface area (Å²) in [5.41, 5.74) is 3.25. The molecule has 11 heteroatoms. The Balaban J connectivity index is 1.09. The second-order valence-corrected chi connectivity index (χ2v) is 9.10. The van der Waals surface area contributed by atoms with Crippen LogP contribution in [0, 0.1) is 0 Å². The number of benzene rings is 2. The van der Waals surface area contributed by atoms with Crippen molar-refractivity contribution in [2.24, 2.45) is 0 Å². The third-order valence-electron chi connectivity index (χ3n) is 6.75. The molecule has 1 amide bonds. The predicted octanol–water partition coefficient (Wildman–Crippen LogP) is 1.66. The molecule has 11 nitrogen and oxygen atoms in total. The van der Waals surface area contributed by atoms with Crippen molar-refractivity contribution >= 4 is 12.1 Å². The lowest BCUT2D eigenvalue weighted by Crippen LogP contribution is -2.32. The van der Waals surface area contributed by atoms with E-state index in [0.29, 0.717) is 0 Å². The molecule has 0 radical (unpaired) electrons. The number of esters is 1. The van der Waals surface area contributed by atoms with Gasteiger partial charge in [-0.3, -0.25) is 19.1 Å². The van der Waals surface area contributed by atoms with Gasteiger partial charge in [0.1, 0.15) is 25.0 Å². The summed E-state index contributed by atoms with van der Waals surface area (Å²) in [6.45, 7) is -0.270. The molecule has 0 bridgehead atoms. The molecule has 0 spiro atoms. The highest BCUT2D eigenvalue weighted by atomic mass is 16.6. The van der Waals surface area contributed by atoms with Crippen molar-refractivity contribution in [3.63, 3.8) is 0 Å². The molecule has 3 N–H and O–H groups in total.